The molecule has 1 amide bonds. The number of hydrogen-bond acceptors (Lipinski definition) is 3. The van der Waals surface area contributed by atoms with Crippen LogP contribution in [0.4, 0.5) is 5.82 Å². The molecule has 1 aromatic heterocycles. The van der Waals surface area contributed by atoms with Crippen LogP contribution in [0, 0.1) is 0 Å². The maximum Gasteiger partial charge on any atom is 0.222 e. The third-order valence-corrected chi connectivity index (χ3v) is 3.28. The highest BCUT2D eigenvalue weighted by molar-refractivity contribution is 5.99. The van der Waals surface area contributed by atoms with Gasteiger partial charge in [0.15, 0.2) is 5.82 Å². The fourth-order valence-electron chi connectivity index (χ4n) is 2.24. The lowest BCUT2D eigenvalue weighted by Gasteiger charge is -2.04. The largest absolute Gasteiger partial charge is 0.497 e. The van der Waals surface area contributed by atoms with Crippen molar-refractivity contribution >= 4 is 22.6 Å². The third-order valence-electron chi connectivity index (χ3n) is 3.28. The van der Waals surface area contributed by atoms with Crippen LogP contribution in [0.1, 0.15) is 6.92 Å². The van der Waals surface area contributed by atoms with E-state index in [9.17, 15) is 4.79 Å². The van der Waals surface area contributed by atoms with E-state index in [1.54, 1.807) is 7.11 Å². The molecular weight excluding hydrogens is 266 g/mol. The molecule has 3 rings (SSSR count). The lowest BCUT2D eigenvalue weighted by Crippen LogP contribution is -2.06. The molecule has 0 aliphatic heterocycles. The summed E-state index contributed by atoms with van der Waals surface area (Å²) in [6.45, 7) is 1.46. The zero-order chi connectivity index (χ0) is 14.8. The van der Waals surface area contributed by atoms with Gasteiger partial charge in [0.2, 0.25) is 5.91 Å². The fourth-order valence-corrected chi connectivity index (χ4v) is 2.24. The van der Waals surface area contributed by atoms with Gasteiger partial charge in [0.1, 0.15) is 5.75 Å². The Hall–Kier alpha value is -2.82. The van der Waals surface area contributed by atoms with Gasteiger partial charge in [-0.2, -0.15) is 5.10 Å². The zero-order valence-electron chi connectivity index (χ0n) is 11.8. The molecule has 0 fully saturated rings. The summed E-state index contributed by atoms with van der Waals surface area (Å²) in [5, 5.41) is 10.7. The number of aromatic nitrogens is 2. The third kappa shape index (κ3) is 2.58. The van der Waals surface area contributed by atoms with E-state index in [1.807, 2.05) is 42.5 Å². The lowest BCUT2D eigenvalue weighted by atomic mass is 10.0. The van der Waals surface area contributed by atoms with Crippen molar-refractivity contribution in [2.75, 3.05) is 12.4 Å². The topological polar surface area (TPSA) is 67.0 Å². The van der Waals surface area contributed by atoms with Crippen LogP contribution < -0.4 is 10.1 Å². The summed E-state index contributed by atoms with van der Waals surface area (Å²) in [7, 11) is 1.65. The Morgan fingerprint density at radius 2 is 1.86 bits per heavy atom. The summed E-state index contributed by atoms with van der Waals surface area (Å²) >= 11 is 0. The standard InChI is InChI=1S/C16H15N3O2/c1-10(20)17-16-14-8-5-12(9-15(14)18-19-16)11-3-6-13(21-2)7-4-11/h3-9H,1-2H3,(H2,17,18,19,20). The quantitative estimate of drug-likeness (QED) is 0.774. The summed E-state index contributed by atoms with van der Waals surface area (Å²) in [5.41, 5.74) is 3.05. The van der Waals surface area contributed by atoms with Crippen molar-refractivity contribution < 1.29 is 9.53 Å². The monoisotopic (exact) mass is 281 g/mol. The van der Waals surface area contributed by atoms with E-state index in [2.05, 4.69) is 15.5 Å². The van der Waals surface area contributed by atoms with Crippen LogP contribution in [0.15, 0.2) is 42.5 Å². The molecule has 0 saturated heterocycles. The average molecular weight is 281 g/mol. The van der Waals surface area contributed by atoms with Gasteiger partial charge in [0, 0.05) is 12.3 Å². The van der Waals surface area contributed by atoms with Crippen molar-refractivity contribution in [1.29, 1.82) is 0 Å². The molecule has 0 atom stereocenters. The number of nitrogens with one attached hydrogen (secondary N) is 2. The van der Waals surface area contributed by atoms with Crippen LogP contribution in [-0.4, -0.2) is 23.2 Å². The molecule has 3 aromatic rings. The van der Waals surface area contributed by atoms with Crippen molar-refractivity contribution in [2.24, 2.45) is 0 Å². The van der Waals surface area contributed by atoms with Gasteiger partial charge < -0.3 is 10.1 Å². The first kappa shape index (κ1) is 13.2. The molecule has 5 nitrogen and oxygen atoms in total. The second-order valence-corrected chi connectivity index (χ2v) is 4.74. The minimum Gasteiger partial charge on any atom is -0.497 e. The molecule has 2 aromatic carbocycles. The van der Waals surface area contributed by atoms with E-state index in [4.69, 9.17) is 4.74 Å². The average Bonchev–Trinajstić information content (AvgIpc) is 2.89. The number of fused-ring (bicyclic) bond motifs is 1. The van der Waals surface area contributed by atoms with E-state index in [-0.39, 0.29) is 5.91 Å². The number of H-pyrrole nitrogens is 1. The molecule has 0 bridgehead atoms. The van der Waals surface area contributed by atoms with E-state index >= 15 is 0 Å². The highest BCUT2D eigenvalue weighted by atomic mass is 16.5. The second kappa shape index (κ2) is 5.28. The minimum atomic E-state index is -0.136. The first-order valence-corrected chi connectivity index (χ1v) is 6.57. The predicted octanol–water partition coefficient (Wildman–Crippen LogP) is 3.20. The van der Waals surface area contributed by atoms with Crippen LogP contribution in [0.25, 0.3) is 22.0 Å². The van der Waals surface area contributed by atoms with Gasteiger partial charge in [-0.15, -0.1) is 0 Å². The van der Waals surface area contributed by atoms with Gasteiger partial charge in [-0.05, 0) is 35.4 Å². The molecule has 106 valence electrons. The van der Waals surface area contributed by atoms with Crippen LogP contribution in [-0.2, 0) is 4.79 Å². The van der Waals surface area contributed by atoms with E-state index in [0.717, 1.165) is 27.8 Å². The summed E-state index contributed by atoms with van der Waals surface area (Å²) < 4.78 is 5.16. The molecular formula is C16H15N3O2. The smallest absolute Gasteiger partial charge is 0.222 e. The molecule has 1 heterocycles. The van der Waals surface area contributed by atoms with E-state index in [0.29, 0.717) is 5.82 Å². The summed E-state index contributed by atoms with van der Waals surface area (Å²) in [4.78, 5) is 11.1. The Kier molecular flexibility index (Phi) is 3.31. The van der Waals surface area contributed by atoms with Gasteiger partial charge in [0.25, 0.3) is 0 Å². The number of carbonyl (C=O) groups excluding carboxylic acids is 1. The van der Waals surface area contributed by atoms with Crippen molar-refractivity contribution in [2.45, 2.75) is 6.92 Å². The van der Waals surface area contributed by atoms with Gasteiger partial charge in [-0.25, -0.2) is 0 Å². The number of aromatic amines is 1. The Balaban J connectivity index is 1.99. The fraction of sp³-hybridized carbons (Fsp3) is 0.125. The molecule has 21 heavy (non-hydrogen) atoms. The summed E-state index contributed by atoms with van der Waals surface area (Å²) in [6.07, 6.45) is 0. The summed E-state index contributed by atoms with van der Waals surface area (Å²) in [6, 6.07) is 13.8. The SMILES string of the molecule is COc1ccc(-c2ccc3c(NC(C)=O)n[nH]c3c2)cc1. The number of hydrogen-bond donors (Lipinski definition) is 2. The molecule has 0 saturated carbocycles. The van der Waals surface area contributed by atoms with E-state index < -0.39 is 0 Å². The molecule has 2 N–H and O–H groups in total. The highest BCUT2D eigenvalue weighted by Gasteiger charge is 2.08. The lowest BCUT2D eigenvalue weighted by molar-refractivity contribution is -0.114. The number of nitrogens with zero attached hydrogens (tertiary/aromatic N) is 1. The maximum absolute atomic E-state index is 11.1. The van der Waals surface area contributed by atoms with Gasteiger partial charge in [0.05, 0.1) is 12.6 Å². The normalized spacial score (nSPS) is 10.6. The Morgan fingerprint density at radius 3 is 2.52 bits per heavy atom. The Bertz CT molecular complexity index is 791. The van der Waals surface area contributed by atoms with Crippen LogP contribution in [0.3, 0.4) is 0 Å². The second-order valence-electron chi connectivity index (χ2n) is 4.74. The molecule has 0 radical (unpaired) electrons. The zero-order valence-corrected chi connectivity index (χ0v) is 11.8. The highest BCUT2D eigenvalue weighted by Crippen LogP contribution is 2.28. The number of ether oxygens (including phenoxy) is 1. The first-order valence-electron chi connectivity index (χ1n) is 6.57. The van der Waals surface area contributed by atoms with Gasteiger partial charge in [-0.3, -0.25) is 9.89 Å². The number of amides is 1. The minimum absolute atomic E-state index is 0.136. The van der Waals surface area contributed by atoms with Crippen LogP contribution in [0.5, 0.6) is 5.75 Å². The number of benzene rings is 2. The Morgan fingerprint density at radius 1 is 1.14 bits per heavy atom. The molecule has 0 aliphatic carbocycles. The van der Waals surface area contributed by atoms with Gasteiger partial charge >= 0.3 is 0 Å². The van der Waals surface area contributed by atoms with Crippen LogP contribution in [0.2, 0.25) is 0 Å². The molecule has 0 unspecified atom stereocenters. The van der Waals surface area contributed by atoms with Crippen molar-refractivity contribution in [1.82, 2.24) is 10.2 Å². The van der Waals surface area contributed by atoms with Crippen molar-refractivity contribution in [3.8, 4) is 16.9 Å². The number of methoxy groups -OCH3 is 1. The van der Waals surface area contributed by atoms with Gasteiger partial charge in [-0.1, -0.05) is 18.2 Å². The number of anilines is 1. The Labute approximate surface area is 121 Å². The van der Waals surface area contributed by atoms with Crippen LogP contribution >= 0.6 is 0 Å². The number of carbonyl (C=O) groups is 1. The van der Waals surface area contributed by atoms with Crippen molar-refractivity contribution in [3.63, 3.8) is 0 Å². The summed E-state index contributed by atoms with van der Waals surface area (Å²) in [5.74, 6) is 1.25. The van der Waals surface area contributed by atoms with E-state index in [1.165, 1.54) is 6.92 Å². The molecule has 0 spiro atoms. The first-order chi connectivity index (χ1) is 10.2. The molecule has 5 heteroatoms. The molecule has 0 aliphatic rings. The van der Waals surface area contributed by atoms with Crippen molar-refractivity contribution in [3.05, 3.63) is 42.5 Å². The maximum atomic E-state index is 11.1. The predicted molar refractivity (Wildman–Crippen MR) is 82.4 cm³/mol. The number of rotatable bonds is 3.